The van der Waals surface area contributed by atoms with Gasteiger partial charge in [-0.2, -0.15) is 4.98 Å². The fourth-order valence-electron chi connectivity index (χ4n) is 5.92. The van der Waals surface area contributed by atoms with Crippen molar-refractivity contribution in [2.75, 3.05) is 50.2 Å². The number of aromatic nitrogens is 4. The summed E-state index contributed by atoms with van der Waals surface area (Å²) in [5.74, 6) is 0.976. The van der Waals surface area contributed by atoms with Gasteiger partial charge in [0.15, 0.2) is 11.2 Å². The molecule has 13 heteroatoms. The summed E-state index contributed by atoms with van der Waals surface area (Å²) in [5.41, 5.74) is 1.22. The summed E-state index contributed by atoms with van der Waals surface area (Å²) in [7, 11) is 6.10. The molecule has 2 aliphatic rings. The number of benzene rings is 2. The van der Waals surface area contributed by atoms with Crippen molar-refractivity contribution in [3.63, 3.8) is 0 Å². The van der Waals surface area contributed by atoms with Gasteiger partial charge in [0.25, 0.3) is 11.5 Å². The predicted molar refractivity (Wildman–Crippen MR) is 160 cm³/mol. The van der Waals surface area contributed by atoms with Crippen LogP contribution in [0.1, 0.15) is 12.0 Å². The quantitative estimate of drug-likeness (QED) is 0.291. The number of hydrogen-bond donors (Lipinski definition) is 0. The predicted octanol–water partition coefficient (Wildman–Crippen LogP) is 0.953. The molecule has 0 radical (unpaired) electrons. The van der Waals surface area contributed by atoms with Crippen molar-refractivity contribution in [3.8, 4) is 11.5 Å². The van der Waals surface area contributed by atoms with Crippen LogP contribution >= 0.6 is 0 Å². The molecule has 0 N–H and O–H groups in total. The molecule has 2 aliphatic heterocycles. The second-order valence-corrected chi connectivity index (χ2v) is 10.7. The lowest BCUT2D eigenvalue weighted by atomic mass is 10.1. The zero-order valence-corrected chi connectivity index (χ0v) is 24.5. The number of ether oxygens (including phenoxy) is 2. The van der Waals surface area contributed by atoms with Crippen LogP contribution in [0.15, 0.2) is 58.1 Å². The van der Waals surface area contributed by atoms with E-state index >= 15 is 0 Å². The Labute approximate surface area is 247 Å². The van der Waals surface area contributed by atoms with Crippen molar-refractivity contribution in [3.05, 3.63) is 74.9 Å². The average molecular weight is 588 g/mol. The largest absolute Gasteiger partial charge is 0.497 e. The Hall–Kier alpha value is -4.91. The highest BCUT2D eigenvalue weighted by Crippen LogP contribution is 2.33. The van der Waals surface area contributed by atoms with Crippen molar-refractivity contribution >= 4 is 34.6 Å². The van der Waals surface area contributed by atoms with Crippen LogP contribution in [0.25, 0.3) is 11.2 Å². The molecule has 0 spiro atoms. The van der Waals surface area contributed by atoms with E-state index < -0.39 is 17.3 Å². The Balaban J connectivity index is 1.27. The maximum Gasteiger partial charge on any atom is 0.332 e. The standard InChI is InChI=1S/C30H33N7O6/c1-32-26-25(28(40)33(2)30(32)41)36(18-19-8-6-5-7-9-19)29(31-26)35-12-10-34(11-13-35)23-17-24(38)37(27(23)39)20-14-21(42-3)16-22(15-20)43-4/h5-9,14-16,23H,10-13,17-18H2,1-4H3. The summed E-state index contributed by atoms with van der Waals surface area (Å²) < 4.78 is 15.0. The lowest BCUT2D eigenvalue weighted by Gasteiger charge is -2.37. The fraction of sp³-hybridized carbons (Fsp3) is 0.367. The number of rotatable bonds is 7. The number of methoxy groups -OCH3 is 2. The van der Waals surface area contributed by atoms with Gasteiger partial charge < -0.3 is 14.4 Å². The van der Waals surface area contributed by atoms with E-state index in [-0.39, 0.29) is 18.2 Å². The molecular weight excluding hydrogens is 554 g/mol. The van der Waals surface area contributed by atoms with Crippen molar-refractivity contribution in [2.24, 2.45) is 14.1 Å². The molecule has 2 saturated heterocycles. The molecule has 2 fully saturated rings. The Bertz CT molecular complexity index is 1810. The fourth-order valence-corrected chi connectivity index (χ4v) is 5.92. The van der Waals surface area contributed by atoms with Crippen LogP contribution in [-0.4, -0.2) is 81.8 Å². The molecule has 6 rings (SSSR count). The topological polar surface area (TPSA) is 124 Å². The van der Waals surface area contributed by atoms with Crippen molar-refractivity contribution in [2.45, 2.75) is 19.0 Å². The van der Waals surface area contributed by atoms with Crippen LogP contribution in [0.4, 0.5) is 11.6 Å². The van der Waals surface area contributed by atoms with E-state index in [4.69, 9.17) is 14.5 Å². The third-order valence-electron chi connectivity index (χ3n) is 8.27. The van der Waals surface area contributed by atoms with E-state index in [9.17, 15) is 19.2 Å². The first kappa shape index (κ1) is 28.2. The molecule has 4 aromatic rings. The first-order valence-corrected chi connectivity index (χ1v) is 14.0. The first-order chi connectivity index (χ1) is 20.7. The Morgan fingerprint density at radius 3 is 2.14 bits per heavy atom. The number of anilines is 2. The van der Waals surface area contributed by atoms with E-state index in [1.807, 2.05) is 39.8 Å². The molecule has 1 unspecified atom stereocenters. The smallest absolute Gasteiger partial charge is 0.332 e. The van der Waals surface area contributed by atoms with E-state index in [0.29, 0.717) is 67.0 Å². The number of carbonyl (C=O) groups excluding carboxylic acids is 2. The summed E-state index contributed by atoms with van der Waals surface area (Å²) in [6.07, 6.45) is 0.0725. The Morgan fingerprint density at radius 1 is 0.860 bits per heavy atom. The monoisotopic (exact) mass is 587 g/mol. The number of nitrogens with zero attached hydrogens (tertiary/aromatic N) is 7. The molecule has 43 heavy (non-hydrogen) atoms. The van der Waals surface area contributed by atoms with Crippen LogP contribution in [0.3, 0.4) is 0 Å². The third-order valence-corrected chi connectivity index (χ3v) is 8.27. The lowest BCUT2D eigenvalue weighted by molar-refractivity contribution is -0.123. The SMILES string of the molecule is COc1cc(OC)cc(N2C(=O)CC(N3CCN(c4nc5c(c(=O)n(C)c(=O)n5C)n4Cc4ccccc4)CC3)C2=O)c1. The highest BCUT2D eigenvalue weighted by atomic mass is 16.5. The number of imidazole rings is 1. The van der Waals surface area contributed by atoms with Crippen LogP contribution in [0, 0.1) is 0 Å². The molecule has 0 aliphatic carbocycles. The van der Waals surface area contributed by atoms with Crippen molar-refractivity contribution in [1.82, 2.24) is 23.6 Å². The Morgan fingerprint density at radius 2 is 1.51 bits per heavy atom. The molecule has 1 atom stereocenters. The van der Waals surface area contributed by atoms with Crippen LogP contribution in [0.5, 0.6) is 11.5 Å². The molecule has 2 aromatic heterocycles. The Kier molecular flexibility index (Phi) is 7.26. The number of hydrogen-bond acceptors (Lipinski definition) is 9. The van der Waals surface area contributed by atoms with Gasteiger partial charge in [-0.15, -0.1) is 0 Å². The van der Waals surface area contributed by atoms with Gasteiger partial charge >= 0.3 is 5.69 Å². The van der Waals surface area contributed by atoms with Gasteiger partial charge in [-0.3, -0.25) is 33.0 Å². The number of imide groups is 1. The molecule has 2 amide bonds. The summed E-state index contributed by atoms with van der Waals surface area (Å²) in [6.45, 7) is 2.43. The van der Waals surface area contributed by atoms with Gasteiger partial charge in [-0.25, -0.2) is 9.69 Å². The zero-order valence-electron chi connectivity index (χ0n) is 24.5. The highest BCUT2D eigenvalue weighted by Gasteiger charge is 2.44. The second kappa shape index (κ2) is 11.1. The number of fused-ring (bicyclic) bond motifs is 1. The molecule has 4 heterocycles. The van der Waals surface area contributed by atoms with Crippen LogP contribution in [0.2, 0.25) is 0 Å². The first-order valence-electron chi connectivity index (χ1n) is 14.0. The van der Waals surface area contributed by atoms with Crippen LogP contribution in [-0.2, 0) is 30.2 Å². The number of aryl methyl sites for hydroxylation is 1. The van der Waals surface area contributed by atoms with Gasteiger partial charge in [0, 0.05) is 58.5 Å². The van der Waals surface area contributed by atoms with Gasteiger partial charge in [-0.05, 0) is 5.56 Å². The van der Waals surface area contributed by atoms with Gasteiger partial charge in [0.05, 0.1) is 38.9 Å². The third kappa shape index (κ3) is 4.84. The molecule has 224 valence electrons. The molecular formula is C30H33N7O6. The summed E-state index contributed by atoms with van der Waals surface area (Å²) in [6, 6.07) is 14.1. The second-order valence-electron chi connectivity index (χ2n) is 10.7. The maximum atomic E-state index is 13.6. The van der Waals surface area contributed by atoms with Gasteiger partial charge in [-0.1, -0.05) is 30.3 Å². The highest BCUT2D eigenvalue weighted by molar-refractivity contribution is 6.22. The average Bonchev–Trinajstić information content (AvgIpc) is 3.55. The maximum absolute atomic E-state index is 13.6. The van der Waals surface area contributed by atoms with Gasteiger partial charge in [0.2, 0.25) is 11.9 Å². The van der Waals surface area contributed by atoms with Crippen molar-refractivity contribution in [1.29, 1.82) is 0 Å². The lowest BCUT2D eigenvalue weighted by Crippen LogP contribution is -2.53. The number of piperazine rings is 1. The summed E-state index contributed by atoms with van der Waals surface area (Å²) in [4.78, 5) is 62.7. The van der Waals surface area contributed by atoms with Crippen molar-refractivity contribution < 1.29 is 19.1 Å². The van der Waals surface area contributed by atoms with E-state index in [0.717, 1.165) is 10.1 Å². The van der Waals surface area contributed by atoms with Crippen LogP contribution < -0.4 is 30.5 Å². The molecule has 0 saturated carbocycles. The minimum absolute atomic E-state index is 0.0725. The van der Waals surface area contributed by atoms with E-state index in [2.05, 4.69) is 4.90 Å². The minimum atomic E-state index is -0.594. The normalized spacial score (nSPS) is 17.7. The van der Waals surface area contributed by atoms with Gasteiger partial charge in [0.1, 0.15) is 11.5 Å². The summed E-state index contributed by atoms with van der Waals surface area (Å²) >= 11 is 0. The number of carbonyl (C=O) groups is 2. The van der Waals surface area contributed by atoms with E-state index in [1.54, 1.807) is 25.2 Å². The molecule has 2 aromatic carbocycles. The molecule has 0 bridgehead atoms. The number of amides is 2. The van der Waals surface area contributed by atoms with E-state index in [1.165, 1.54) is 30.7 Å². The minimum Gasteiger partial charge on any atom is -0.497 e. The molecule has 13 nitrogen and oxygen atoms in total. The summed E-state index contributed by atoms with van der Waals surface area (Å²) in [5, 5.41) is 0. The zero-order chi connectivity index (χ0) is 30.4.